The van der Waals surface area contributed by atoms with Crippen molar-refractivity contribution in [2.75, 3.05) is 18.5 Å². The quantitative estimate of drug-likeness (QED) is 0.810. The van der Waals surface area contributed by atoms with Crippen LogP contribution in [0.5, 0.6) is 0 Å². The van der Waals surface area contributed by atoms with Gasteiger partial charge in [-0.05, 0) is 12.1 Å². The number of aryl methyl sites for hydroxylation is 1. The molecule has 2 amide bonds. The van der Waals surface area contributed by atoms with Gasteiger partial charge in [-0.15, -0.1) is 0 Å². The zero-order valence-corrected chi connectivity index (χ0v) is 14.4. The molecule has 0 saturated carbocycles. The molecular weight excluding hydrogens is 346 g/mol. The summed E-state index contributed by atoms with van der Waals surface area (Å²) < 4.78 is 31.8. The highest BCUT2D eigenvalue weighted by molar-refractivity contribution is 6.00. The second-order valence-electron chi connectivity index (χ2n) is 6.19. The molecule has 0 aliphatic carbocycles. The summed E-state index contributed by atoms with van der Waals surface area (Å²) in [5.41, 5.74) is 0.106. The van der Waals surface area contributed by atoms with Crippen LogP contribution >= 0.6 is 0 Å². The number of halogens is 2. The van der Waals surface area contributed by atoms with Crippen molar-refractivity contribution in [3.8, 4) is 0 Å². The Balaban J connectivity index is 1.68. The van der Waals surface area contributed by atoms with E-state index in [-0.39, 0.29) is 37.0 Å². The maximum absolute atomic E-state index is 13.4. The zero-order chi connectivity index (χ0) is 18.8. The summed E-state index contributed by atoms with van der Waals surface area (Å²) in [7, 11) is 1.58. The fourth-order valence-corrected chi connectivity index (χ4v) is 2.91. The van der Waals surface area contributed by atoms with Crippen molar-refractivity contribution in [1.29, 1.82) is 0 Å². The first-order valence-corrected chi connectivity index (χ1v) is 8.20. The van der Waals surface area contributed by atoms with Crippen LogP contribution in [0.2, 0.25) is 0 Å². The molecule has 7 nitrogen and oxygen atoms in total. The van der Waals surface area contributed by atoms with E-state index in [4.69, 9.17) is 4.52 Å². The minimum absolute atomic E-state index is 0.0225. The van der Waals surface area contributed by atoms with E-state index < -0.39 is 17.6 Å². The predicted octanol–water partition coefficient (Wildman–Crippen LogP) is 1.92. The third kappa shape index (κ3) is 3.71. The van der Waals surface area contributed by atoms with Crippen molar-refractivity contribution in [3.63, 3.8) is 0 Å². The molecule has 3 rings (SSSR count). The largest absolute Gasteiger partial charge is 0.337 e. The van der Waals surface area contributed by atoms with E-state index in [1.165, 1.54) is 9.80 Å². The Morgan fingerprint density at radius 3 is 2.65 bits per heavy atom. The molecule has 9 heteroatoms. The Bertz CT molecular complexity index is 819. The van der Waals surface area contributed by atoms with Crippen LogP contribution < -0.4 is 4.90 Å². The van der Waals surface area contributed by atoms with Gasteiger partial charge >= 0.3 is 0 Å². The molecule has 0 bridgehead atoms. The molecule has 1 atom stereocenters. The number of amides is 2. The van der Waals surface area contributed by atoms with Crippen LogP contribution in [0.1, 0.15) is 25.1 Å². The maximum Gasteiger partial charge on any atom is 0.246 e. The number of aromatic nitrogens is 2. The number of hydrogen-bond acceptors (Lipinski definition) is 5. The summed E-state index contributed by atoms with van der Waals surface area (Å²) in [6, 6.07) is 2.87. The molecule has 1 fully saturated rings. The summed E-state index contributed by atoms with van der Waals surface area (Å²) in [6.07, 6.45) is 0.600. The Labute approximate surface area is 148 Å². The Morgan fingerprint density at radius 1 is 1.35 bits per heavy atom. The van der Waals surface area contributed by atoms with E-state index in [9.17, 15) is 18.4 Å². The fourth-order valence-electron chi connectivity index (χ4n) is 2.91. The van der Waals surface area contributed by atoms with Crippen LogP contribution in [-0.4, -0.2) is 40.4 Å². The lowest BCUT2D eigenvalue weighted by Gasteiger charge is -2.20. The summed E-state index contributed by atoms with van der Waals surface area (Å²) in [5, 5.41) is 3.77. The smallest absolute Gasteiger partial charge is 0.246 e. The highest BCUT2D eigenvalue weighted by Gasteiger charge is 2.37. The van der Waals surface area contributed by atoms with Gasteiger partial charge in [0.15, 0.2) is 5.82 Å². The van der Waals surface area contributed by atoms with Gasteiger partial charge in [-0.3, -0.25) is 9.59 Å². The molecule has 1 saturated heterocycles. The van der Waals surface area contributed by atoms with Gasteiger partial charge in [0.05, 0.1) is 12.5 Å². The summed E-state index contributed by atoms with van der Waals surface area (Å²) in [6.45, 7) is 2.08. The standard InChI is InChI=1S/C17H18F2N4O3/c1-3-14-20-15(26-21-14)9-22(2)17(25)10-4-16(24)23(8-10)13-6-11(18)5-12(19)7-13/h5-7,10H,3-4,8-9H2,1-2H3. The molecule has 2 heterocycles. The van der Waals surface area contributed by atoms with Gasteiger partial charge in [-0.1, -0.05) is 12.1 Å². The van der Waals surface area contributed by atoms with Gasteiger partial charge in [0.25, 0.3) is 0 Å². The van der Waals surface area contributed by atoms with E-state index in [0.29, 0.717) is 18.1 Å². The minimum atomic E-state index is -0.775. The average Bonchev–Trinajstić information content (AvgIpc) is 3.19. The molecule has 1 aromatic carbocycles. The molecule has 1 aliphatic heterocycles. The van der Waals surface area contributed by atoms with Crippen LogP contribution in [-0.2, 0) is 22.6 Å². The fraction of sp³-hybridized carbons (Fsp3) is 0.412. The predicted molar refractivity (Wildman–Crippen MR) is 87.0 cm³/mol. The Hall–Kier alpha value is -2.84. The first-order chi connectivity index (χ1) is 12.4. The van der Waals surface area contributed by atoms with Crippen molar-refractivity contribution in [2.24, 2.45) is 5.92 Å². The second-order valence-corrected chi connectivity index (χ2v) is 6.19. The molecule has 0 radical (unpaired) electrons. The lowest BCUT2D eigenvalue weighted by Crippen LogP contribution is -2.34. The number of nitrogens with zero attached hydrogens (tertiary/aromatic N) is 4. The molecule has 1 aromatic heterocycles. The molecule has 1 unspecified atom stereocenters. The lowest BCUT2D eigenvalue weighted by molar-refractivity contribution is -0.135. The Kier molecular flexibility index (Phi) is 4.97. The highest BCUT2D eigenvalue weighted by Crippen LogP contribution is 2.27. The molecule has 1 aliphatic rings. The topological polar surface area (TPSA) is 79.5 Å². The molecule has 2 aromatic rings. The van der Waals surface area contributed by atoms with Crippen molar-refractivity contribution in [2.45, 2.75) is 26.3 Å². The molecule has 0 N–H and O–H groups in total. The van der Waals surface area contributed by atoms with Gasteiger partial charge in [-0.25, -0.2) is 8.78 Å². The average molecular weight is 364 g/mol. The molecule has 26 heavy (non-hydrogen) atoms. The minimum Gasteiger partial charge on any atom is -0.337 e. The number of rotatable bonds is 5. The van der Waals surface area contributed by atoms with Gasteiger partial charge in [0, 0.05) is 38.2 Å². The van der Waals surface area contributed by atoms with Gasteiger partial charge in [-0.2, -0.15) is 4.98 Å². The van der Waals surface area contributed by atoms with E-state index in [1.54, 1.807) is 7.05 Å². The highest BCUT2D eigenvalue weighted by atomic mass is 19.1. The lowest BCUT2D eigenvalue weighted by atomic mass is 10.1. The van der Waals surface area contributed by atoms with Crippen LogP contribution in [0.4, 0.5) is 14.5 Å². The monoisotopic (exact) mass is 364 g/mol. The van der Waals surface area contributed by atoms with Crippen molar-refractivity contribution in [1.82, 2.24) is 15.0 Å². The molecule has 0 spiro atoms. The summed E-state index contributed by atoms with van der Waals surface area (Å²) >= 11 is 0. The van der Waals surface area contributed by atoms with Gasteiger partial charge in [0.2, 0.25) is 17.7 Å². The SMILES string of the molecule is CCc1noc(CN(C)C(=O)C2CC(=O)N(c3cc(F)cc(F)c3)C2)n1. The van der Waals surface area contributed by atoms with E-state index >= 15 is 0 Å². The van der Waals surface area contributed by atoms with Gasteiger partial charge in [0.1, 0.15) is 11.6 Å². The third-order valence-corrected chi connectivity index (χ3v) is 4.21. The van der Waals surface area contributed by atoms with Crippen LogP contribution in [0.3, 0.4) is 0 Å². The number of benzene rings is 1. The maximum atomic E-state index is 13.4. The van der Waals surface area contributed by atoms with Crippen molar-refractivity contribution < 1.29 is 22.9 Å². The number of carbonyl (C=O) groups is 2. The number of hydrogen-bond donors (Lipinski definition) is 0. The molecular formula is C17H18F2N4O3. The zero-order valence-electron chi connectivity index (χ0n) is 14.4. The Morgan fingerprint density at radius 2 is 2.04 bits per heavy atom. The normalized spacial score (nSPS) is 17.0. The molecule has 138 valence electrons. The van der Waals surface area contributed by atoms with Gasteiger partial charge < -0.3 is 14.3 Å². The van der Waals surface area contributed by atoms with Crippen molar-refractivity contribution in [3.05, 3.63) is 41.5 Å². The first kappa shape index (κ1) is 18.0. The summed E-state index contributed by atoms with van der Waals surface area (Å²) in [5.74, 6) is -1.91. The van der Waals surface area contributed by atoms with E-state index in [2.05, 4.69) is 10.1 Å². The third-order valence-electron chi connectivity index (χ3n) is 4.21. The van der Waals surface area contributed by atoms with E-state index in [1.807, 2.05) is 6.92 Å². The second kappa shape index (κ2) is 7.19. The summed E-state index contributed by atoms with van der Waals surface area (Å²) in [4.78, 5) is 31.6. The van der Waals surface area contributed by atoms with E-state index in [0.717, 1.165) is 18.2 Å². The van der Waals surface area contributed by atoms with Crippen LogP contribution in [0, 0.1) is 17.6 Å². The number of anilines is 1. The van der Waals surface area contributed by atoms with Crippen LogP contribution in [0.15, 0.2) is 22.7 Å². The van der Waals surface area contributed by atoms with Crippen LogP contribution in [0.25, 0.3) is 0 Å². The number of carbonyl (C=O) groups excluding carboxylic acids is 2. The van der Waals surface area contributed by atoms with Crippen molar-refractivity contribution >= 4 is 17.5 Å². The first-order valence-electron chi connectivity index (χ1n) is 8.20.